The lowest BCUT2D eigenvalue weighted by Gasteiger charge is -2.03. The Hall–Kier alpha value is -4.37. The Labute approximate surface area is 200 Å². The second-order valence-electron chi connectivity index (χ2n) is 8.22. The van der Waals surface area contributed by atoms with E-state index in [2.05, 4.69) is 103 Å². The first-order valence-electron chi connectivity index (χ1n) is 11.5. The summed E-state index contributed by atoms with van der Waals surface area (Å²) in [7, 11) is 0. The van der Waals surface area contributed by atoms with Crippen molar-refractivity contribution in [1.29, 1.82) is 0 Å². The summed E-state index contributed by atoms with van der Waals surface area (Å²) in [6, 6.07) is 34.6. The van der Waals surface area contributed by atoms with Gasteiger partial charge < -0.3 is 9.67 Å². The standard InChI is InChI=1S/C31H26N2O/c1-2-33-22-30(28-15-13-26(14-16-28)24-6-4-3-5-7-24)32-31(33)21-10-23-8-11-25(12-9-23)27-17-19-29(34)20-18-27/h3-22,34H,2H2,1H3/b21-10+. The minimum atomic E-state index is 0.279. The molecule has 1 aromatic heterocycles. The molecule has 0 spiro atoms. The first kappa shape index (κ1) is 21.5. The van der Waals surface area contributed by atoms with Gasteiger partial charge in [0.15, 0.2) is 0 Å². The Morgan fingerprint density at radius 2 is 1.18 bits per heavy atom. The molecule has 0 atom stereocenters. The van der Waals surface area contributed by atoms with Crippen LogP contribution in [0.1, 0.15) is 18.3 Å². The largest absolute Gasteiger partial charge is 0.508 e. The van der Waals surface area contributed by atoms with Crippen molar-refractivity contribution < 1.29 is 5.11 Å². The van der Waals surface area contributed by atoms with Gasteiger partial charge in [-0.15, -0.1) is 0 Å². The van der Waals surface area contributed by atoms with Crippen molar-refractivity contribution >= 4 is 12.2 Å². The number of nitrogens with zero attached hydrogens (tertiary/aromatic N) is 2. The predicted octanol–water partition coefficient (Wildman–Crippen LogP) is 7.78. The summed E-state index contributed by atoms with van der Waals surface area (Å²) in [6.07, 6.45) is 6.28. The molecule has 0 saturated carbocycles. The summed E-state index contributed by atoms with van der Waals surface area (Å²) in [5.74, 6) is 1.22. The number of hydrogen-bond acceptors (Lipinski definition) is 2. The van der Waals surface area contributed by atoms with Crippen LogP contribution in [0, 0.1) is 0 Å². The molecule has 3 nitrogen and oxygen atoms in total. The van der Waals surface area contributed by atoms with Crippen LogP contribution in [0.2, 0.25) is 0 Å². The molecule has 5 rings (SSSR count). The Bertz CT molecular complexity index is 1400. The fourth-order valence-corrected chi connectivity index (χ4v) is 4.03. The van der Waals surface area contributed by atoms with Crippen LogP contribution >= 0.6 is 0 Å². The van der Waals surface area contributed by atoms with E-state index in [-0.39, 0.29) is 5.75 Å². The maximum absolute atomic E-state index is 9.49. The van der Waals surface area contributed by atoms with Gasteiger partial charge in [-0.2, -0.15) is 0 Å². The molecule has 0 aliphatic rings. The number of rotatable bonds is 6. The number of aromatic nitrogens is 2. The van der Waals surface area contributed by atoms with E-state index in [9.17, 15) is 5.11 Å². The number of imidazole rings is 1. The van der Waals surface area contributed by atoms with Gasteiger partial charge in [0, 0.05) is 18.3 Å². The van der Waals surface area contributed by atoms with Gasteiger partial charge >= 0.3 is 0 Å². The van der Waals surface area contributed by atoms with Crippen molar-refractivity contribution in [3.8, 4) is 39.3 Å². The third-order valence-corrected chi connectivity index (χ3v) is 5.97. The van der Waals surface area contributed by atoms with Crippen molar-refractivity contribution in [3.63, 3.8) is 0 Å². The van der Waals surface area contributed by atoms with Crippen LogP contribution in [0.4, 0.5) is 0 Å². The van der Waals surface area contributed by atoms with Crippen molar-refractivity contribution in [2.45, 2.75) is 13.5 Å². The van der Waals surface area contributed by atoms with Gasteiger partial charge in [-0.3, -0.25) is 0 Å². The molecule has 0 unspecified atom stereocenters. The van der Waals surface area contributed by atoms with E-state index in [1.807, 2.05) is 18.2 Å². The Balaban J connectivity index is 1.35. The third kappa shape index (κ3) is 4.69. The minimum Gasteiger partial charge on any atom is -0.508 e. The lowest BCUT2D eigenvalue weighted by molar-refractivity contribution is 0.475. The van der Waals surface area contributed by atoms with Gasteiger partial charge in [-0.1, -0.05) is 97.1 Å². The Morgan fingerprint density at radius 3 is 1.79 bits per heavy atom. The van der Waals surface area contributed by atoms with Crippen molar-refractivity contribution in [3.05, 3.63) is 121 Å². The number of phenols is 1. The molecule has 4 aromatic carbocycles. The highest BCUT2D eigenvalue weighted by Crippen LogP contribution is 2.26. The van der Waals surface area contributed by atoms with Crippen LogP contribution in [0.3, 0.4) is 0 Å². The number of aromatic hydroxyl groups is 1. The fourth-order valence-electron chi connectivity index (χ4n) is 4.03. The van der Waals surface area contributed by atoms with Crippen LogP contribution in [-0.4, -0.2) is 14.7 Å². The van der Waals surface area contributed by atoms with Crippen molar-refractivity contribution in [2.75, 3.05) is 0 Å². The Morgan fingerprint density at radius 1 is 0.647 bits per heavy atom. The zero-order valence-corrected chi connectivity index (χ0v) is 19.1. The molecule has 1 heterocycles. The molecule has 3 heteroatoms. The predicted molar refractivity (Wildman–Crippen MR) is 141 cm³/mol. The molecule has 0 aliphatic heterocycles. The summed E-state index contributed by atoms with van der Waals surface area (Å²) in [4.78, 5) is 4.89. The molecule has 0 aliphatic carbocycles. The van der Waals surface area contributed by atoms with Gasteiger partial charge in [0.1, 0.15) is 11.6 Å². The Kier molecular flexibility index (Phi) is 6.09. The highest BCUT2D eigenvalue weighted by atomic mass is 16.3. The topological polar surface area (TPSA) is 38.0 Å². The van der Waals surface area contributed by atoms with E-state index in [0.29, 0.717) is 0 Å². The normalized spacial score (nSPS) is 11.2. The highest BCUT2D eigenvalue weighted by Gasteiger charge is 2.07. The molecule has 0 saturated heterocycles. The van der Waals surface area contributed by atoms with Gasteiger partial charge in [-0.25, -0.2) is 4.98 Å². The zero-order valence-electron chi connectivity index (χ0n) is 19.1. The molecule has 0 bridgehead atoms. The van der Waals surface area contributed by atoms with Crippen LogP contribution in [0.5, 0.6) is 5.75 Å². The minimum absolute atomic E-state index is 0.279. The quantitative estimate of drug-likeness (QED) is 0.291. The third-order valence-electron chi connectivity index (χ3n) is 5.97. The van der Waals surface area contributed by atoms with Crippen molar-refractivity contribution in [1.82, 2.24) is 9.55 Å². The fraction of sp³-hybridized carbons (Fsp3) is 0.0645. The average Bonchev–Trinajstić information content (AvgIpc) is 3.32. The maximum atomic E-state index is 9.49. The van der Waals surface area contributed by atoms with E-state index in [4.69, 9.17) is 4.98 Å². The first-order chi connectivity index (χ1) is 16.7. The molecule has 5 aromatic rings. The number of phenolic OH excluding ortho intramolecular Hbond substituents is 1. The summed E-state index contributed by atoms with van der Waals surface area (Å²) >= 11 is 0. The number of aryl methyl sites for hydroxylation is 1. The van der Waals surface area contributed by atoms with Crippen LogP contribution < -0.4 is 0 Å². The molecule has 1 N–H and O–H groups in total. The van der Waals surface area contributed by atoms with E-state index < -0.39 is 0 Å². The summed E-state index contributed by atoms with van der Waals surface area (Å²) in [5.41, 5.74) is 7.82. The number of benzene rings is 4. The molecule has 34 heavy (non-hydrogen) atoms. The van der Waals surface area contributed by atoms with Crippen LogP contribution in [0.15, 0.2) is 109 Å². The van der Waals surface area contributed by atoms with Gasteiger partial charge in [0.05, 0.1) is 5.69 Å². The molecule has 0 amide bonds. The maximum Gasteiger partial charge on any atom is 0.133 e. The average molecular weight is 443 g/mol. The smallest absolute Gasteiger partial charge is 0.133 e. The van der Waals surface area contributed by atoms with Gasteiger partial charge in [-0.05, 0) is 52.9 Å². The number of hydrogen-bond donors (Lipinski definition) is 1. The van der Waals surface area contributed by atoms with E-state index >= 15 is 0 Å². The summed E-state index contributed by atoms with van der Waals surface area (Å²) < 4.78 is 2.17. The van der Waals surface area contributed by atoms with Crippen LogP contribution in [0.25, 0.3) is 45.7 Å². The molecule has 0 fully saturated rings. The SMILES string of the molecule is CCn1cc(-c2ccc(-c3ccccc3)cc2)nc1/C=C/c1ccc(-c2ccc(O)cc2)cc1. The second-order valence-corrected chi connectivity index (χ2v) is 8.22. The highest BCUT2D eigenvalue weighted by molar-refractivity contribution is 5.73. The first-order valence-corrected chi connectivity index (χ1v) is 11.5. The lowest BCUT2D eigenvalue weighted by atomic mass is 10.0. The van der Waals surface area contributed by atoms with E-state index in [1.165, 1.54) is 11.1 Å². The van der Waals surface area contributed by atoms with E-state index in [0.717, 1.165) is 40.3 Å². The molecule has 0 radical (unpaired) electrons. The summed E-state index contributed by atoms with van der Waals surface area (Å²) in [6.45, 7) is 2.99. The summed E-state index contributed by atoms with van der Waals surface area (Å²) in [5, 5.41) is 9.49. The lowest BCUT2D eigenvalue weighted by Crippen LogP contribution is -1.94. The zero-order chi connectivity index (χ0) is 23.3. The van der Waals surface area contributed by atoms with Gasteiger partial charge in [0.25, 0.3) is 0 Å². The van der Waals surface area contributed by atoms with Gasteiger partial charge in [0.2, 0.25) is 0 Å². The molecule has 166 valence electrons. The van der Waals surface area contributed by atoms with Crippen LogP contribution in [-0.2, 0) is 6.54 Å². The van der Waals surface area contributed by atoms with E-state index in [1.54, 1.807) is 12.1 Å². The monoisotopic (exact) mass is 442 g/mol. The molecular weight excluding hydrogens is 416 g/mol. The molecular formula is C31H26N2O. The van der Waals surface area contributed by atoms with Crippen molar-refractivity contribution in [2.24, 2.45) is 0 Å². The second kappa shape index (κ2) is 9.63.